The number of carbonyl (C=O) groups is 1. The van der Waals surface area contributed by atoms with Crippen LogP contribution in [0.3, 0.4) is 0 Å². The molecule has 1 aromatic rings. The van der Waals surface area contributed by atoms with Crippen molar-refractivity contribution in [3.63, 3.8) is 0 Å². The van der Waals surface area contributed by atoms with E-state index < -0.39 is 5.82 Å². The molecule has 3 rings (SSSR count). The maximum atomic E-state index is 13.2. The first-order valence-electron chi connectivity index (χ1n) is 10.8. The van der Waals surface area contributed by atoms with Crippen molar-refractivity contribution >= 4 is 17.6 Å². The van der Waals surface area contributed by atoms with Gasteiger partial charge in [-0.05, 0) is 81.3 Å². The van der Waals surface area contributed by atoms with Gasteiger partial charge in [-0.25, -0.2) is 4.39 Å². The molecule has 0 aliphatic heterocycles. The van der Waals surface area contributed by atoms with Crippen LogP contribution in [0.15, 0.2) is 30.9 Å². The molecular formula is C24H32ClFO2. The summed E-state index contributed by atoms with van der Waals surface area (Å²) in [6.07, 6.45) is 15.3. The topological polar surface area (TPSA) is 26.3 Å². The van der Waals surface area contributed by atoms with E-state index in [1.54, 1.807) is 0 Å². The summed E-state index contributed by atoms with van der Waals surface area (Å²) in [7, 11) is 0. The Hall–Kier alpha value is -1.35. The highest BCUT2D eigenvalue weighted by Gasteiger charge is 2.33. The van der Waals surface area contributed by atoms with Crippen LogP contribution in [0, 0.1) is 29.5 Å². The second kappa shape index (κ2) is 10.4. The third-order valence-electron chi connectivity index (χ3n) is 6.79. The van der Waals surface area contributed by atoms with Crippen LogP contribution in [0.2, 0.25) is 5.02 Å². The van der Waals surface area contributed by atoms with Gasteiger partial charge in [0.25, 0.3) is 0 Å². The normalized spacial score (nSPS) is 27.9. The number of hydrogen-bond acceptors (Lipinski definition) is 2. The Bertz CT molecular complexity index is 659. The van der Waals surface area contributed by atoms with Crippen LogP contribution in [-0.2, 0) is 4.79 Å². The van der Waals surface area contributed by atoms with Gasteiger partial charge in [0, 0.05) is 6.07 Å². The van der Waals surface area contributed by atoms with E-state index in [2.05, 4.69) is 6.58 Å². The second-order valence-corrected chi connectivity index (χ2v) is 9.02. The lowest BCUT2D eigenvalue weighted by Crippen LogP contribution is -2.30. The number of rotatable bonds is 7. The molecule has 0 bridgehead atoms. The predicted octanol–water partition coefficient (Wildman–Crippen LogP) is 7.35. The zero-order valence-corrected chi connectivity index (χ0v) is 17.4. The molecule has 2 fully saturated rings. The molecule has 28 heavy (non-hydrogen) atoms. The van der Waals surface area contributed by atoms with Gasteiger partial charge in [0.05, 0.1) is 10.9 Å². The van der Waals surface area contributed by atoms with Gasteiger partial charge < -0.3 is 4.74 Å². The van der Waals surface area contributed by atoms with Crippen LogP contribution >= 0.6 is 11.6 Å². The van der Waals surface area contributed by atoms with Crippen molar-refractivity contribution in [1.82, 2.24) is 0 Å². The maximum absolute atomic E-state index is 13.2. The van der Waals surface area contributed by atoms with Crippen molar-refractivity contribution in [3.05, 3.63) is 41.7 Å². The Kier molecular flexibility index (Phi) is 7.96. The van der Waals surface area contributed by atoms with Gasteiger partial charge in [-0.15, -0.1) is 6.58 Å². The highest BCUT2D eigenvalue weighted by atomic mass is 35.5. The van der Waals surface area contributed by atoms with Gasteiger partial charge in [0.2, 0.25) is 0 Å². The molecule has 0 saturated heterocycles. The molecule has 0 heterocycles. The molecule has 4 heteroatoms. The highest BCUT2D eigenvalue weighted by Crippen LogP contribution is 2.42. The standard InChI is InChI=1S/C24H32ClFO2/c1-2-3-4-5-17-6-8-18(9-7-17)19-10-12-20(13-11-19)24(27)28-21-14-15-23(26)22(25)16-21/h2,14-20H,1,3-13H2. The number of ether oxygens (including phenoxy) is 1. The predicted molar refractivity (Wildman–Crippen MR) is 112 cm³/mol. The third-order valence-corrected chi connectivity index (χ3v) is 7.08. The number of esters is 1. The first kappa shape index (κ1) is 21.4. The minimum absolute atomic E-state index is 0.0193. The maximum Gasteiger partial charge on any atom is 0.314 e. The molecule has 0 N–H and O–H groups in total. The van der Waals surface area contributed by atoms with Crippen LogP contribution in [0.25, 0.3) is 0 Å². The number of allylic oxidation sites excluding steroid dienone is 1. The van der Waals surface area contributed by atoms with Crippen LogP contribution in [0.1, 0.15) is 70.6 Å². The lowest BCUT2D eigenvalue weighted by atomic mass is 9.68. The van der Waals surface area contributed by atoms with E-state index >= 15 is 0 Å². The Labute approximate surface area is 173 Å². The summed E-state index contributed by atoms with van der Waals surface area (Å²) < 4.78 is 18.7. The number of unbranched alkanes of at least 4 members (excludes halogenated alkanes) is 1. The second-order valence-electron chi connectivity index (χ2n) is 8.61. The molecule has 0 radical (unpaired) electrons. The monoisotopic (exact) mass is 406 g/mol. The molecule has 2 nitrogen and oxygen atoms in total. The zero-order valence-electron chi connectivity index (χ0n) is 16.7. The first-order chi connectivity index (χ1) is 13.6. The van der Waals surface area contributed by atoms with E-state index in [-0.39, 0.29) is 16.9 Å². The minimum atomic E-state index is -0.502. The van der Waals surface area contributed by atoms with Crippen molar-refractivity contribution in [1.29, 1.82) is 0 Å². The summed E-state index contributed by atoms with van der Waals surface area (Å²) in [5.41, 5.74) is 0. The fourth-order valence-electron chi connectivity index (χ4n) is 5.07. The smallest absolute Gasteiger partial charge is 0.314 e. The lowest BCUT2D eigenvalue weighted by Gasteiger charge is -2.37. The molecule has 0 spiro atoms. The van der Waals surface area contributed by atoms with Crippen molar-refractivity contribution < 1.29 is 13.9 Å². The lowest BCUT2D eigenvalue weighted by molar-refractivity contribution is -0.140. The summed E-state index contributed by atoms with van der Waals surface area (Å²) in [6, 6.07) is 4.06. The van der Waals surface area contributed by atoms with Crippen LogP contribution < -0.4 is 4.74 Å². The first-order valence-corrected chi connectivity index (χ1v) is 11.2. The van der Waals surface area contributed by atoms with Gasteiger partial charge in [0.1, 0.15) is 11.6 Å². The Morgan fingerprint density at radius 2 is 1.75 bits per heavy atom. The molecule has 0 aromatic heterocycles. The van der Waals surface area contributed by atoms with Crippen molar-refractivity contribution in [2.75, 3.05) is 0 Å². The van der Waals surface area contributed by atoms with Gasteiger partial charge >= 0.3 is 5.97 Å². The van der Waals surface area contributed by atoms with Crippen molar-refractivity contribution in [2.24, 2.45) is 23.7 Å². The minimum Gasteiger partial charge on any atom is -0.426 e. The summed E-state index contributed by atoms with van der Waals surface area (Å²) in [4.78, 5) is 12.4. The summed E-state index contributed by atoms with van der Waals surface area (Å²) in [5, 5.41) is -0.0193. The van der Waals surface area contributed by atoms with E-state index in [4.69, 9.17) is 16.3 Å². The SMILES string of the molecule is C=CCCCC1CCC(C2CCC(C(=O)Oc3ccc(F)c(Cl)c3)CC2)CC1. The summed E-state index contributed by atoms with van der Waals surface area (Å²) in [5.74, 6) is 2.08. The number of hydrogen-bond donors (Lipinski definition) is 0. The Morgan fingerprint density at radius 3 is 2.36 bits per heavy atom. The average Bonchev–Trinajstić information content (AvgIpc) is 2.72. The fraction of sp³-hybridized carbons (Fsp3) is 0.625. The van der Waals surface area contributed by atoms with Crippen LogP contribution in [0.4, 0.5) is 4.39 Å². The molecule has 0 amide bonds. The van der Waals surface area contributed by atoms with Gasteiger partial charge in [-0.2, -0.15) is 0 Å². The quantitative estimate of drug-likeness (QED) is 0.205. The molecule has 2 aliphatic rings. The van der Waals surface area contributed by atoms with Gasteiger partial charge in [-0.1, -0.05) is 36.9 Å². The Morgan fingerprint density at radius 1 is 1.11 bits per heavy atom. The van der Waals surface area contributed by atoms with Gasteiger partial charge in [-0.3, -0.25) is 4.79 Å². The van der Waals surface area contributed by atoms with E-state index in [0.717, 1.165) is 49.9 Å². The number of benzene rings is 1. The Balaban J connectivity index is 1.40. The summed E-state index contributed by atoms with van der Waals surface area (Å²) >= 11 is 5.76. The molecular weight excluding hydrogens is 375 g/mol. The van der Waals surface area contributed by atoms with E-state index in [0.29, 0.717) is 5.75 Å². The van der Waals surface area contributed by atoms with Crippen LogP contribution in [-0.4, -0.2) is 5.97 Å². The molecule has 2 saturated carbocycles. The largest absolute Gasteiger partial charge is 0.426 e. The molecule has 154 valence electrons. The van der Waals surface area contributed by atoms with Crippen LogP contribution in [0.5, 0.6) is 5.75 Å². The average molecular weight is 407 g/mol. The molecule has 0 atom stereocenters. The fourth-order valence-corrected chi connectivity index (χ4v) is 5.24. The van der Waals surface area contributed by atoms with Gasteiger partial charge in [0.15, 0.2) is 0 Å². The highest BCUT2D eigenvalue weighted by molar-refractivity contribution is 6.30. The van der Waals surface area contributed by atoms with E-state index in [1.165, 1.54) is 56.7 Å². The third kappa shape index (κ3) is 5.83. The van der Waals surface area contributed by atoms with E-state index in [1.807, 2.05) is 6.08 Å². The number of halogens is 2. The molecule has 1 aromatic carbocycles. The summed E-state index contributed by atoms with van der Waals surface area (Å²) in [6.45, 7) is 3.81. The number of carbonyl (C=O) groups excluding carboxylic acids is 1. The van der Waals surface area contributed by atoms with Crippen molar-refractivity contribution in [2.45, 2.75) is 70.6 Å². The molecule has 2 aliphatic carbocycles. The van der Waals surface area contributed by atoms with Crippen molar-refractivity contribution in [3.8, 4) is 5.75 Å². The van der Waals surface area contributed by atoms with E-state index in [9.17, 15) is 9.18 Å². The zero-order chi connectivity index (χ0) is 19.9. The molecule has 0 unspecified atom stereocenters.